The highest BCUT2D eigenvalue weighted by Crippen LogP contribution is 2.37. The number of thioether (sulfide) groups is 1. The molecule has 0 aliphatic carbocycles. The van der Waals surface area contributed by atoms with Crippen molar-refractivity contribution in [3.05, 3.63) is 88.4 Å². The number of anilines is 1. The summed E-state index contributed by atoms with van der Waals surface area (Å²) in [7, 11) is -3.76. The number of ether oxygens (including phenoxy) is 1. The van der Waals surface area contributed by atoms with Gasteiger partial charge in [0.2, 0.25) is 15.9 Å². The number of nitrogens with one attached hydrogen (secondary N) is 1. The Morgan fingerprint density at radius 1 is 1.04 bits per heavy atom. The number of nitrogens with zero attached hydrogens (tertiary/aromatic N) is 3. The molecule has 1 amide bonds. The molecule has 0 spiro atoms. The molecular weight excluding hydrogens is 714 g/mol. The van der Waals surface area contributed by atoms with Crippen molar-refractivity contribution in [2.45, 2.75) is 55.1 Å². The van der Waals surface area contributed by atoms with Gasteiger partial charge in [-0.05, 0) is 74.0 Å². The summed E-state index contributed by atoms with van der Waals surface area (Å²) in [6.07, 6.45) is -5.45. The van der Waals surface area contributed by atoms with E-state index in [0.717, 1.165) is 33.2 Å². The van der Waals surface area contributed by atoms with Crippen LogP contribution in [0.1, 0.15) is 35.5 Å². The maximum atomic E-state index is 13.3. The minimum absolute atomic E-state index is 0.131. The van der Waals surface area contributed by atoms with Gasteiger partial charge in [-0.15, -0.1) is 23.1 Å². The van der Waals surface area contributed by atoms with E-state index in [2.05, 4.69) is 10.2 Å². The lowest BCUT2D eigenvalue weighted by molar-refractivity contribution is -0.144. The first-order chi connectivity index (χ1) is 23.6. The van der Waals surface area contributed by atoms with Gasteiger partial charge in [-0.2, -0.15) is 17.5 Å². The Hall–Kier alpha value is -3.96. The van der Waals surface area contributed by atoms with Gasteiger partial charge in [-0.3, -0.25) is 9.69 Å². The average Bonchev–Trinajstić information content (AvgIpc) is 3.47. The minimum Gasteiger partial charge on any atom is -0.479 e. The van der Waals surface area contributed by atoms with Crippen molar-refractivity contribution in [1.29, 1.82) is 0 Å². The number of amides is 1. The average molecular weight is 749 g/mol. The van der Waals surface area contributed by atoms with Crippen molar-refractivity contribution in [1.82, 2.24) is 14.2 Å². The lowest BCUT2D eigenvalue weighted by Crippen LogP contribution is -2.48. The maximum absolute atomic E-state index is 13.3. The fourth-order valence-electron chi connectivity index (χ4n) is 5.18. The molecule has 1 fully saturated rings. The van der Waals surface area contributed by atoms with Gasteiger partial charge in [-0.25, -0.2) is 18.2 Å². The lowest BCUT2D eigenvalue weighted by Gasteiger charge is -2.33. The number of aryl methyl sites for hydroxylation is 1. The van der Waals surface area contributed by atoms with Gasteiger partial charge in [0.15, 0.2) is 6.10 Å². The molecule has 2 heterocycles. The monoisotopic (exact) mass is 748 g/mol. The SMILES string of the molecule is CC(=O)Nc1ccc(S(=O)(=O)N2CCN(Cc3nc(-c4ccc(C(F)(F)F)cc4)sc3CSc3ccc(OC(C)C(=O)O)c(C)c3)CC2)cc1. The van der Waals surface area contributed by atoms with Crippen molar-refractivity contribution in [2.24, 2.45) is 0 Å². The third-order valence-corrected chi connectivity index (χ3v) is 12.2. The number of thiazole rings is 1. The fourth-order valence-corrected chi connectivity index (χ4v) is 8.78. The predicted molar refractivity (Wildman–Crippen MR) is 186 cm³/mol. The number of hydrogen-bond acceptors (Lipinski definition) is 9. The van der Waals surface area contributed by atoms with Gasteiger partial charge >= 0.3 is 12.1 Å². The van der Waals surface area contributed by atoms with Crippen LogP contribution >= 0.6 is 23.1 Å². The number of rotatable bonds is 12. The van der Waals surface area contributed by atoms with Gasteiger partial charge in [0.1, 0.15) is 10.8 Å². The molecule has 16 heteroatoms. The molecular formula is C34H35F3N4O6S3. The molecule has 1 aliphatic rings. The van der Waals surface area contributed by atoms with E-state index >= 15 is 0 Å². The van der Waals surface area contributed by atoms with Gasteiger partial charge in [0.25, 0.3) is 0 Å². The van der Waals surface area contributed by atoms with Crippen LogP contribution in [0.3, 0.4) is 0 Å². The molecule has 50 heavy (non-hydrogen) atoms. The Labute approximate surface area is 296 Å². The summed E-state index contributed by atoms with van der Waals surface area (Å²) in [6.45, 7) is 6.47. The number of carbonyl (C=O) groups excluding carboxylic acids is 1. The van der Waals surface area contributed by atoms with Gasteiger partial charge in [-0.1, -0.05) is 12.1 Å². The van der Waals surface area contributed by atoms with E-state index in [1.165, 1.54) is 65.5 Å². The molecule has 4 aromatic rings. The van der Waals surface area contributed by atoms with Crippen LogP contribution in [0.5, 0.6) is 5.75 Å². The molecule has 2 N–H and O–H groups in total. The Balaban J connectivity index is 1.31. The van der Waals surface area contributed by atoms with Crippen molar-refractivity contribution in [3.63, 3.8) is 0 Å². The van der Waals surface area contributed by atoms with E-state index in [9.17, 15) is 36.3 Å². The molecule has 0 saturated carbocycles. The number of halogens is 3. The number of carbonyl (C=O) groups is 2. The van der Waals surface area contributed by atoms with Crippen LogP contribution in [-0.4, -0.2) is 71.9 Å². The standard InChI is InChI=1S/C34H35F3N4O6S3/c1-21-18-27(10-13-30(21)47-22(2)33(43)44)48-20-31-29(39-32(49-31)24-4-6-25(7-5-24)34(35,36)37)19-40-14-16-41(17-15-40)50(45,46)28-11-8-26(9-12-28)38-23(3)42/h4-13,18,22H,14-17,19-20H2,1-3H3,(H,38,42)(H,43,44). The van der Waals surface area contributed by atoms with Crippen molar-refractivity contribution >= 4 is 50.7 Å². The van der Waals surface area contributed by atoms with Crippen LogP contribution < -0.4 is 10.1 Å². The van der Waals surface area contributed by atoms with Crippen LogP contribution in [0.4, 0.5) is 18.9 Å². The molecule has 1 saturated heterocycles. The van der Waals surface area contributed by atoms with E-state index < -0.39 is 33.8 Å². The quantitative estimate of drug-likeness (QED) is 0.151. The summed E-state index contributed by atoms with van der Waals surface area (Å²) < 4.78 is 73.3. The van der Waals surface area contributed by atoms with Gasteiger partial charge < -0.3 is 15.2 Å². The highest BCUT2D eigenvalue weighted by atomic mass is 32.2. The predicted octanol–water partition coefficient (Wildman–Crippen LogP) is 6.75. The molecule has 266 valence electrons. The molecule has 1 unspecified atom stereocenters. The second-order valence-corrected chi connectivity index (χ2v) is 15.7. The number of hydrogen-bond donors (Lipinski definition) is 2. The first-order valence-corrected chi connectivity index (χ1v) is 18.7. The number of aliphatic carboxylic acids is 1. The maximum Gasteiger partial charge on any atom is 0.416 e. The molecule has 0 radical (unpaired) electrons. The Morgan fingerprint density at radius 2 is 1.70 bits per heavy atom. The normalized spacial score (nSPS) is 15.1. The Kier molecular flexibility index (Phi) is 11.6. The molecule has 1 atom stereocenters. The second kappa shape index (κ2) is 15.5. The van der Waals surface area contributed by atoms with Crippen molar-refractivity contribution in [2.75, 3.05) is 31.5 Å². The summed E-state index contributed by atoms with van der Waals surface area (Å²) in [5, 5.41) is 12.4. The molecule has 0 bridgehead atoms. The number of carboxylic acid groups (broad SMARTS) is 1. The van der Waals surface area contributed by atoms with Crippen LogP contribution in [0, 0.1) is 6.92 Å². The highest BCUT2D eigenvalue weighted by Gasteiger charge is 2.31. The molecule has 1 aliphatic heterocycles. The van der Waals surface area contributed by atoms with E-state index in [1.54, 1.807) is 18.2 Å². The first kappa shape index (κ1) is 37.3. The van der Waals surface area contributed by atoms with Crippen LogP contribution in [-0.2, 0) is 38.1 Å². The number of carboxylic acids is 1. The smallest absolute Gasteiger partial charge is 0.416 e. The summed E-state index contributed by atoms with van der Waals surface area (Å²) in [6, 6.07) is 16.4. The number of alkyl halides is 3. The topological polar surface area (TPSA) is 129 Å². The van der Waals surface area contributed by atoms with Crippen LogP contribution in [0.25, 0.3) is 10.6 Å². The van der Waals surface area contributed by atoms with Crippen LogP contribution in [0.15, 0.2) is 76.5 Å². The summed E-state index contributed by atoms with van der Waals surface area (Å²) >= 11 is 2.94. The second-order valence-electron chi connectivity index (χ2n) is 11.7. The summed E-state index contributed by atoms with van der Waals surface area (Å²) in [5.74, 6) is -0.340. The number of sulfonamides is 1. The van der Waals surface area contributed by atoms with E-state index in [0.29, 0.717) is 47.4 Å². The summed E-state index contributed by atoms with van der Waals surface area (Å²) in [5.41, 5.74) is 1.85. The molecule has 3 aromatic carbocycles. The third kappa shape index (κ3) is 9.23. The van der Waals surface area contributed by atoms with Gasteiger partial charge in [0.05, 0.1) is 16.2 Å². The highest BCUT2D eigenvalue weighted by molar-refractivity contribution is 7.98. The zero-order valence-corrected chi connectivity index (χ0v) is 29.8. The molecule has 10 nitrogen and oxygen atoms in total. The van der Waals surface area contributed by atoms with E-state index in [1.807, 2.05) is 19.1 Å². The fraction of sp³-hybridized carbons (Fsp3) is 0.324. The molecule has 1 aromatic heterocycles. The number of benzene rings is 3. The minimum atomic E-state index is -4.45. The summed E-state index contributed by atoms with van der Waals surface area (Å²) in [4.78, 5) is 31.4. The number of piperazine rings is 1. The van der Waals surface area contributed by atoms with Crippen molar-refractivity contribution in [3.8, 4) is 16.3 Å². The lowest BCUT2D eigenvalue weighted by atomic mass is 10.1. The number of aromatic nitrogens is 1. The van der Waals surface area contributed by atoms with Gasteiger partial charge in [0, 0.05) is 66.4 Å². The molecule has 5 rings (SSSR count). The largest absolute Gasteiger partial charge is 0.479 e. The van der Waals surface area contributed by atoms with Crippen LogP contribution in [0.2, 0.25) is 0 Å². The zero-order valence-electron chi connectivity index (χ0n) is 27.4. The Bertz CT molecular complexity index is 1940. The van der Waals surface area contributed by atoms with E-state index in [4.69, 9.17) is 9.72 Å². The Morgan fingerprint density at radius 3 is 2.28 bits per heavy atom. The first-order valence-electron chi connectivity index (χ1n) is 15.5. The third-order valence-electron chi connectivity index (χ3n) is 7.92. The zero-order chi connectivity index (χ0) is 36.2. The van der Waals surface area contributed by atoms with Crippen molar-refractivity contribution < 1.29 is 41.0 Å². The van der Waals surface area contributed by atoms with E-state index in [-0.39, 0.29) is 23.9 Å².